The average molecular weight is 754 g/mol. The maximum Gasteiger partial charge on any atom is 0.306 e. The molecule has 0 rings (SSSR count). The summed E-state index contributed by atoms with van der Waals surface area (Å²) in [5.41, 5.74) is 0. The van der Waals surface area contributed by atoms with E-state index in [2.05, 4.69) is 44.3 Å². The minimum absolute atomic E-state index is 0.0349. The van der Waals surface area contributed by atoms with Crippen LogP contribution in [0.2, 0.25) is 0 Å². The highest BCUT2D eigenvalue weighted by Crippen LogP contribution is 2.16. The van der Waals surface area contributed by atoms with Crippen LogP contribution in [0.3, 0.4) is 0 Å². The Bertz CT molecular complexity index is 1030. The summed E-state index contributed by atoms with van der Waals surface area (Å²) in [7, 11) is 0. The normalized spacial score (nSPS) is 14.1. The molecule has 0 bridgehead atoms. The maximum absolute atomic E-state index is 13.1. The van der Waals surface area contributed by atoms with Crippen LogP contribution in [0.4, 0.5) is 0 Å². The molecule has 0 heterocycles. The summed E-state index contributed by atoms with van der Waals surface area (Å²) in [6.07, 6.45) is 51.1. The van der Waals surface area contributed by atoms with Crippen LogP contribution < -0.4 is 5.32 Å². The molecule has 0 radical (unpaired) electrons. The highest BCUT2D eigenvalue weighted by molar-refractivity contribution is 5.77. The van der Waals surface area contributed by atoms with Crippen molar-refractivity contribution in [2.75, 3.05) is 6.61 Å². The number of esters is 1. The SMILES string of the molecule is CC/C=C/C=C/C=C\C=C/C=C/CCCC(=O)OC(CCCCC/C=C\CCCCC)CC(=O)NC(CO)C(O)CCCCCCCCCCCCCC. The molecule has 0 saturated carbocycles. The van der Waals surface area contributed by atoms with Gasteiger partial charge in [-0.1, -0.05) is 190 Å². The molecule has 1 amide bonds. The third-order valence-corrected chi connectivity index (χ3v) is 9.65. The van der Waals surface area contributed by atoms with E-state index in [1.54, 1.807) is 0 Å². The van der Waals surface area contributed by atoms with E-state index < -0.39 is 18.2 Å². The van der Waals surface area contributed by atoms with Gasteiger partial charge < -0.3 is 20.3 Å². The largest absolute Gasteiger partial charge is 0.462 e. The van der Waals surface area contributed by atoms with Crippen molar-refractivity contribution < 1.29 is 24.5 Å². The summed E-state index contributed by atoms with van der Waals surface area (Å²) < 4.78 is 5.84. The predicted octanol–water partition coefficient (Wildman–Crippen LogP) is 12.7. The van der Waals surface area contributed by atoms with Gasteiger partial charge in [0.2, 0.25) is 5.91 Å². The van der Waals surface area contributed by atoms with E-state index in [9.17, 15) is 19.8 Å². The Kier molecular flexibility index (Phi) is 39.4. The van der Waals surface area contributed by atoms with Gasteiger partial charge in [0, 0.05) is 6.42 Å². The van der Waals surface area contributed by atoms with Crippen LogP contribution in [-0.2, 0) is 14.3 Å². The number of aliphatic hydroxyl groups excluding tert-OH is 2. The quantitative estimate of drug-likeness (QED) is 0.0252. The van der Waals surface area contributed by atoms with Gasteiger partial charge in [0.25, 0.3) is 0 Å². The number of rotatable bonds is 38. The maximum atomic E-state index is 13.1. The second kappa shape index (κ2) is 41.5. The van der Waals surface area contributed by atoms with E-state index in [0.29, 0.717) is 25.7 Å². The highest BCUT2D eigenvalue weighted by atomic mass is 16.5. The minimum Gasteiger partial charge on any atom is -0.462 e. The summed E-state index contributed by atoms with van der Waals surface area (Å²) >= 11 is 0. The van der Waals surface area contributed by atoms with Gasteiger partial charge in [-0.25, -0.2) is 0 Å². The molecule has 6 heteroatoms. The number of hydrogen-bond donors (Lipinski definition) is 3. The lowest BCUT2D eigenvalue weighted by molar-refractivity contribution is -0.151. The minimum atomic E-state index is -0.804. The molecule has 3 N–H and O–H groups in total. The fraction of sp³-hybridized carbons (Fsp3) is 0.708. The van der Waals surface area contributed by atoms with Crippen molar-refractivity contribution in [1.82, 2.24) is 5.32 Å². The average Bonchev–Trinajstić information content (AvgIpc) is 3.16. The Morgan fingerprint density at radius 2 is 1.02 bits per heavy atom. The Balaban J connectivity index is 4.71. The zero-order chi connectivity index (χ0) is 39.6. The highest BCUT2D eigenvalue weighted by Gasteiger charge is 2.24. The third-order valence-electron chi connectivity index (χ3n) is 9.65. The first-order valence-electron chi connectivity index (χ1n) is 22.2. The number of nitrogens with one attached hydrogen (secondary N) is 1. The first-order chi connectivity index (χ1) is 26.5. The molecule has 54 heavy (non-hydrogen) atoms. The molecule has 0 spiro atoms. The van der Waals surface area contributed by atoms with E-state index in [1.807, 2.05) is 54.7 Å². The lowest BCUT2D eigenvalue weighted by Gasteiger charge is -2.24. The summed E-state index contributed by atoms with van der Waals surface area (Å²) in [5.74, 6) is -0.586. The van der Waals surface area contributed by atoms with E-state index in [0.717, 1.165) is 64.2 Å². The van der Waals surface area contributed by atoms with Gasteiger partial charge in [-0.3, -0.25) is 9.59 Å². The fourth-order valence-corrected chi connectivity index (χ4v) is 6.28. The molecule has 0 aromatic carbocycles. The molecule has 0 aromatic heterocycles. The van der Waals surface area contributed by atoms with E-state index >= 15 is 0 Å². The van der Waals surface area contributed by atoms with Crippen LogP contribution in [0.15, 0.2) is 72.9 Å². The zero-order valence-corrected chi connectivity index (χ0v) is 35.1. The Morgan fingerprint density at radius 1 is 0.556 bits per heavy atom. The van der Waals surface area contributed by atoms with Crippen molar-refractivity contribution in [3.8, 4) is 0 Å². The first-order valence-corrected chi connectivity index (χ1v) is 22.2. The Hall–Kier alpha value is -2.70. The molecule has 0 aromatic rings. The topological polar surface area (TPSA) is 95.9 Å². The molecular weight excluding hydrogens is 671 g/mol. The Labute approximate surface area is 332 Å². The lowest BCUT2D eigenvalue weighted by Crippen LogP contribution is -2.46. The third kappa shape index (κ3) is 36.3. The second-order valence-electron chi connectivity index (χ2n) is 14.8. The van der Waals surface area contributed by atoms with Crippen molar-refractivity contribution in [3.63, 3.8) is 0 Å². The number of hydrogen-bond acceptors (Lipinski definition) is 5. The number of unbranched alkanes of at least 4 members (excludes halogenated alkanes) is 18. The molecule has 3 atom stereocenters. The summed E-state index contributed by atoms with van der Waals surface area (Å²) in [4.78, 5) is 25.9. The molecule has 310 valence electrons. The molecule has 6 nitrogen and oxygen atoms in total. The number of carbonyl (C=O) groups is 2. The van der Waals surface area contributed by atoms with Crippen molar-refractivity contribution in [2.24, 2.45) is 0 Å². The van der Waals surface area contributed by atoms with Crippen molar-refractivity contribution in [1.29, 1.82) is 0 Å². The standard InChI is InChI=1S/C48H83NO5/c1-4-7-10-13-16-19-22-24-26-29-32-35-38-41-48(53)54-44(39-36-33-30-27-21-18-15-12-9-6-3)42-47(52)49-45(43-50)46(51)40-37-34-31-28-25-23-20-17-14-11-8-5-2/h7,10,13,16,18-19,21-22,24,26,29,32,44-46,50-51H,4-6,8-9,11-12,14-15,17,20,23,25,27-28,30-31,33-43H2,1-3H3,(H,49,52)/b10-7+,16-13+,21-18-,22-19-,26-24-,32-29+. The summed E-state index contributed by atoms with van der Waals surface area (Å²) in [6.45, 7) is 6.26. The molecule has 3 unspecified atom stereocenters. The number of carbonyl (C=O) groups excluding carboxylic acids is 2. The summed E-state index contributed by atoms with van der Waals surface area (Å²) in [5, 5.41) is 23.6. The van der Waals surface area contributed by atoms with Crippen molar-refractivity contribution in [2.45, 2.75) is 212 Å². The van der Waals surface area contributed by atoms with Crippen LogP contribution in [-0.4, -0.2) is 46.9 Å². The molecule has 0 aliphatic carbocycles. The summed E-state index contributed by atoms with van der Waals surface area (Å²) in [6, 6.07) is -0.721. The van der Waals surface area contributed by atoms with Gasteiger partial charge >= 0.3 is 5.97 Å². The smallest absolute Gasteiger partial charge is 0.306 e. The predicted molar refractivity (Wildman–Crippen MR) is 231 cm³/mol. The van der Waals surface area contributed by atoms with E-state index in [4.69, 9.17) is 4.74 Å². The Morgan fingerprint density at radius 3 is 1.59 bits per heavy atom. The second-order valence-corrected chi connectivity index (χ2v) is 14.8. The van der Waals surface area contributed by atoms with Crippen LogP contribution >= 0.6 is 0 Å². The number of aliphatic hydroxyl groups is 2. The van der Waals surface area contributed by atoms with Gasteiger partial charge in [0.05, 0.1) is 25.2 Å². The van der Waals surface area contributed by atoms with E-state index in [-0.39, 0.29) is 24.9 Å². The van der Waals surface area contributed by atoms with Crippen LogP contribution in [0.1, 0.15) is 194 Å². The zero-order valence-electron chi connectivity index (χ0n) is 35.1. The molecule has 0 aliphatic rings. The molecule has 0 fully saturated rings. The van der Waals surface area contributed by atoms with Crippen LogP contribution in [0.25, 0.3) is 0 Å². The van der Waals surface area contributed by atoms with Gasteiger partial charge in [-0.2, -0.15) is 0 Å². The van der Waals surface area contributed by atoms with Gasteiger partial charge in [0.1, 0.15) is 6.10 Å². The monoisotopic (exact) mass is 754 g/mol. The number of ether oxygens (including phenoxy) is 1. The van der Waals surface area contributed by atoms with Crippen LogP contribution in [0.5, 0.6) is 0 Å². The van der Waals surface area contributed by atoms with Crippen LogP contribution in [0, 0.1) is 0 Å². The first kappa shape index (κ1) is 51.3. The van der Waals surface area contributed by atoms with Gasteiger partial charge in [-0.05, 0) is 64.2 Å². The molecular formula is C48H83NO5. The molecule has 0 saturated heterocycles. The van der Waals surface area contributed by atoms with Crippen molar-refractivity contribution >= 4 is 11.9 Å². The van der Waals surface area contributed by atoms with Crippen molar-refractivity contribution in [3.05, 3.63) is 72.9 Å². The van der Waals surface area contributed by atoms with Gasteiger partial charge in [0.15, 0.2) is 0 Å². The lowest BCUT2D eigenvalue weighted by atomic mass is 10.0. The number of amides is 1. The van der Waals surface area contributed by atoms with E-state index in [1.165, 1.54) is 77.0 Å². The van der Waals surface area contributed by atoms with Gasteiger partial charge in [-0.15, -0.1) is 0 Å². The molecule has 0 aliphatic heterocycles. The number of allylic oxidation sites excluding steroid dienone is 12. The fourth-order valence-electron chi connectivity index (χ4n) is 6.28.